The summed E-state index contributed by atoms with van der Waals surface area (Å²) < 4.78 is 32.5. The van der Waals surface area contributed by atoms with Gasteiger partial charge in [-0.1, -0.05) is 18.2 Å². The third-order valence-corrected chi connectivity index (χ3v) is 6.79. The van der Waals surface area contributed by atoms with Gasteiger partial charge in [0.15, 0.2) is 0 Å². The lowest BCUT2D eigenvalue weighted by Crippen LogP contribution is -2.43. The van der Waals surface area contributed by atoms with Crippen molar-refractivity contribution in [3.8, 4) is 5.75 Å². The van der Waals surface area contributed by atoms with E-state index in [0.29, 0.717) is 12.4 Å². The number of anilines is 1. The van der Waals surface area contributed by atoms with Gasteiger partial charge in [-0.15, -0.1) is 0 Å². The van der Waals surface area contributed by atoms with Crippen molar-refractivity contribution in [2.75, 3.05) is 25.1 Å². The van der Waals surface area contributed by atoms with Crippen LogP contribution in [0.15, 0.2) is 47.4 Å². The molecule has 1 aliphatic heterocycles. The van der Waals surface area contributed by atoms with Crippen LogP contribution in [0, 0.1) is 6.92 Å². The Morgan fingerprint density at radius 3 is 2.64 bits per heavy atom. The van der Waals surface area contributed by atoms with Crippen LogP contribution in [0.3, 0.4) is 0 Å². The standard InChI is InChI=1S/C21H26N2O4S/c1-5-27-20-11-10-18(12-15(20)2)28(25,26)22(4)14-21(24)23-16(3)13-17-8-6-7-9-19(17)23/h6-12,16H,5,13-14H2,1-4H3/t16-/m1/s1. The zero-order valence-corrected chi connectivity index (χ0v) is 17.5. The van der Waals surface area contributed by atoms with Crippen LogP contribution < -0.4 is 9.64 Å². The van der Waals surface area contributed by atoms with Gasteiger partial charge in [-0.2, -0.15) is 4.31 Å². The zero-order chi connectivity index (χ0) is 20.5. The number of amides is 1. The van der Waals surface area contributed by atoms with Gasteiger partial charge in [0.05, 0.1) is 18.0 Å². The van der Waals surface area contributed by atoms with Gasteiger partial charge in [-0.25, -0.2) is 8.42 Å². The highest BCUT2D eigenvalue weighted by Crippen LogP contribution is 2.32. The molecule has 0 saturated heterocycles. The summed E-state index contributed by atoms with van der Waals surface area (Å²) in [6.45, 7) is 5.95. The third kappa shape index (κ3) is 3.77. The fourth-order valence-electron chi connectivity index (χ4n) is 3.58. The summed E-state index contributed by atoms with van der Waals surface area (Å²) in [5.41, 5.74) is 2.71. The number of nitrogens with zero attached hydrogens (tertiary/aromatic N) is 2. The van der Waals surface area contributed by atoms with Crippen LogP contribution >= 0.6 is 0 Å². The van der Waals surface area contributed by atoms with Crippen LogP contribution in [0.25, 0.3) is 0 Å². The first-order valence-corrected chi connectivity index (χ1v) is 10.8. The third-order valence-electron chi connectivity index (χ3n) is 4.99. The largest absolute Gasteiger partial charge is 0.494 e. The van der Waals surface area contributed by atoms with Crippen LogP contribution in [0.1, 0.15) is 25.0 Å². The van der Waals surface area contributed by atoms with Crippen LogP contribution in [-0.4, -0.2) is 44.9 Å². The Hall–Kier alpha value is -2.38. The van der Waals surface area contributed by atoms with Crippen molar-refractivity contribution in [3.63, 3.8) is 0 Å². The summed E-state index contributed by atoms with van der Waals surface area (Å²) in [6.07, 6.45) is 0.774. The number of rotatable bonds is 6. The number of hydrogen-bond donors (Lipinski definition) is 0. The molecule has 1 amide bonds. The molecule has 150 valence electrons. The normalized spacial score (nSPS) is 16.3. The summed E-state index contributed by atoms with van der Waals surface area (Å²) in [6, 6.07) is 12.5. The molecule has 2 aromatic carbocycles. The molecule has 0 unspecified atom stereocenters. The Morgan fingerprint density at radius 1 is 1.25 bits per heavy atom. The monoisotopic (exact) mass is 402 g/mol. The number of sulfonamides is 1. The molecule has 0 spiro atoms. The smallest absolute Gasteiger partial charge is 0.243 e. The molecule has 0 saturated carbocycles. The number of carbonyl (C=O) groups excluding carboxylic acids is 1. The van der Waals surface area contributed by atoms with Crippen molar-refractivity contribution < 1.29 is 17.9 Å². The van der Waals surface area contributed by atoms with Gasteiger partial charge in [0, 0.05) is 18.8 Å². The van der Waals surface area contributed by atoms with Gasteiger partial charge in [-0.05, 0) is 62.6 Å². The van der Waals surface area contributed by atoms with Gasteiger partial charge >= 0.3 is 0 Å². The van der Waals surface area contributed by atoms with Crippen molar-refractivity contribution in [1.29, 1.82) is 0 Å². The minimum atomic E-state index is -3.78. The molecule has 0 aromatic heterocycles. The SMILES string of the molecule is CCOc1ccc(S(=O)(=O)N(C)CC(=O)N2c3ccccc3C[C@H]2C)cc1C. The quantitative estimate of drug-likeness (QED) is 0.745. The Labute approximate surface area is 166 Å². The fourth-order valence-corrected chi connectivity index (χ4v) is 4.78. The van der Waals surface area contributed by atoms with Crippen LogP contribution in [0.2, 0.25) is 0 Å². The Morgan fingerprint density at radius 2 is 1.96 bits per heavy atom. The molecule has 0 aliphatic carbocycles. The predicted octanol–water partition coefficient (Wildman–Crippen LogP) is 2.99. The molecule has 28 heavy (non-hydrogen) atoms. The molecule has 0 bridgehead atoms. The lowest BCUT2D eigenvalue weighted by atomic mass is 10.1. The highest BCUT2D eigenvalue weighted by Gasteiger charge is 2.33. The fraction of sp³-hybridized carbons (Fsp3) is 0.381. The Bertz CT molecular complexity index is 988. The molecule has 1 heterocycles. The molecule has 0 N–H and O–H groups in total. The van der Waals surface area contributed by atoms with E-state index in [2.05, 4.69) is 0 Å². The first kappa shape index (κ1) is 20.4. The zero-order valence-electron chi connectivity index (χ0n) is 16.7. The minimum absolute atomic E-state index is 0.00808. The molecule has 1 atom stereocenters. The Balaban J connectivity index is 1.79. The molecule has 6 nitrogen and oxygen atoms in total. The molecule has 2 aromatic rings. The van der Waals surface area contributed by atoms with Crippen LogP contribution in [0.5, 0.6) is 5.75 Å². The highest BCUT2D eigenvalue weighted by molar-refractivity contribution is 7.89. The topological polar surface area (TPSA) is 66.9 Å². The number of carbonyl (C=O) groups is 1. The summed E-state index contributed by atoms with van der Waals surface area (Å²) >= 11 is 0. The number of fused-ring (bicyclic) bond motifs is 1. The first-order valence-electron chi connectivity index (χ1n) is 9.35. The summed E-state index contributed by atoms with van der Waals surface area (Å²) in [5.74, 6) is 0.425. The maximum Gasteiger partial charge on any atom is 0.243 e. The van der Waals surface area contributed by atoms with Crippen LogP contribution in [-0.2, 0) is 21.2 Å². The van der Waals surface area contributed by atoms with Gasteiger partial charge in [0.2, 0.25) is 15.9 Å². The van der Waals surface area contributed by atoms with E-state index >= 15 is 0 Å². The molecule has 1 aliphatic rings. The lowest BCUT2D eigenvalue weighted by Gasteiger charge is -2.25. The maximum atomic E-state index is 12.9. The summed E-state index contributed by atoms with van der Waals surface area (Å²) in [5, 5.41) is 0. The molecule has 0 fully saturated rings. The number of ether oxygens (including phenoxy) is 1. The first-order chi connectivity index (χ1) is 13.3. The van der Waals surface area contributed by atoms with E-state index in [-0.39, 0.29) is 23.4 Å². The van der Waals surface area contributed by atoms with E-state index in [1.807, 2.05) is 38.1 Å². The Kier molecular flexibility index (Phi) is 5.76. The van der Waals surface area contributed by atoms with E-state index in [0.717, 1.165) is 27.5 Å². The van der Waals surface area contributed by atoms with E-state index in [4.69, 9.17) is 4.74 Å². The second kappa shape index (κ2) is 7.93. The molecular formula is C21H26N2O4S. The van der Waals surface area contributed by atoms with E-state index in [9.17, 15) is 13.2 Å². The van der Waals surface area contributed by atoms with Crippen molar-refractivity contribution in [1.82, 2.24) is 4.31 Å². The second-order valence-electron chi connectivity index (χ2n) is 7.07. The van der Waals surface area contributed by atoms with Gasteiger partial charge < -0.3 is 9.64 Å². The maximum absolute atomic E-state index is 12.9. The van der Waals surface area contributed by atoms with E-state index in [1.165, 1.54) is 13.1 Å². The number of para-hydroxylation sites is 1. The number of likely N-dealkylation sites (N-methyl/N-ethyl adjacent to an activating group) is 1. The minimum Gasteiger partial charge on any atom is -0.494 e. The average Bonchev–Trinajstić information content (AvgIpc) is 2.99. The van der Waals surface area contributed by atoms with E-state index < -0.39 is 10.0 Å². The van der Waals surface area contributed by atoms with Crippen molar-refractivity contribution in [3.05, 3.63) is 53.6 Å². The van der Waals surface area contributed by atoms with Crippen molar-refractivity contribution >= 4 is 21.6 Å². The summed E-state index contributed by atoms with van der Waals surface area (Å²) in [7, 11) is -2.35. The molecular weight excluding hydrogens is 376 g/mol. The molecule has 7 heteroatoms. The van der Waals surface area contributed by atoms with Gasteiger partial charge in [0.25, 0.3) is 0 Å². The number of aryl methyl sites for hydroxylation is 1. The number of hydrogen-bond acceptors (Lipinski definition) is 4. The van der Waals surface area contributed by atoms with E-state index in [1.54, 1.807) is 24.0 Å². The predicted molar refractivity (Wildman–Crippen MR) is 109 cm³/mol. The molecule has 3 rings (SSSR count). The molecule has 0 radical (unpaired) electrons. The second-order valence-corrected chi connectivity index (χ2v) is 9.11. The summed E-state index contributed by atoms with van der Waals surface area (Å²) in [4.78, 5) is 14.8. The van der Waals surface area contributed by atoms with Crippen molar-refractivity contribution in [2.24, 2.45) is 0 Å². The van der Waals surface area contributed by atoms with Crippen LogP contribution in [0.4, 0.5) is 5.69 Å². The van der Waals surface area contributed by atoms with Crippen molar-refractivity contribution in [2.45, 2.75) is 38.1 Å². The number of benzene rings is 2. The average molecular weight is 403 g/mol. The van der Waals surface area contributed by atoms with Gasteiger partial charge in [-0.3, -0.25) is 4.79 Å². The van der Waals surface area contributed by atoms with Gasteiger partial charge in [0.1, 0.15) is 5.75 Å². The lowest BCUT2D eigenvalue weighted by molar-refractivity contribution is -0.118. The highest BCUT2D eigenvalue weighted by atomic mass is 32.2.